The number of benzene rings is 1. The zero-order valence-electron chi connectivity index (χ0n) is 16.0. The third-order valence-electron chi connectivity index (χ3n) is 4.77. The molecule has 1 unspecified atom stereocenters. The molecule has 29 heavy (non-hydrogen) atoms. The van der Waals surface area contributed by atoms with Gasteiger partial charge in [0, 0.05) is 43.7 Å². The number of likely N-dealkylation sites (tertiary alicyclic amines) is 1. The number of nitrogens with one attached hydrogen (secondary N) is 2. The Morgan fingerprint density at radius 1 is 1.28 bits per heavy atom. The Kier molecular flexibility index (Phi) is 7.44. The van der Waals surface area contributed by atoms with E-state index in [1.54, 1.807) is 29.3 Å². The van der Waals surface area contributed by atoms with Crippen molar-refractivity contribution in [3.8, 4) is 0 Å². The van der Waals surface area contributed by atoms with Crippen LogP contribution in [0.2, 0.25) is 5.02 Å². The van der Waals surface area contributed by atoms with Gasteiger partial charge in [-0.3, -0.25) is 4.79 Å². The summed E-state index contributed by atoms with van der Waals surface area (Å²) >= 11 is 9.34. The van der Waals surface area contributed by atoms with Crippen LogP contribution < -0.4 is 10.6 Å². The molecule has 9 heteroatoms. The standard InChI is InChI=1S/C20H23BrClN3O4/c1-28-20(27)25-8-6-15(7-9-25)29-18-10-17(23-12-16(18)21)19(26)24-11-13-2-4-14(22)5-3-13/h2-5,10,12,15,17,23H,6-9,11H2,1H3,(H,24,26). The number of ether oxygens (including phenoxy) is 2. The van der Waals surface area contributed by atoms with Crippen LogP contribution in [0, 0.1) is 0 Å². The lowest BCUT2D eigenvalue weighted by molar-refractivity contribution is -0.122. The van der Waals surface area contributed by atoms with Gasteiger partial charge in [-0.05, 0) is 39.7 Å². The largest absolute Gasteiger partial charge is 0.489 e. The number of rotatable bonds is 5. The molecule has 1 saturated heterocycles. The summed E-state index contributed by atoms with van der Waals surface area (Å²) in [6.45, 7) is 1.57. The zero-order chi connectivity index (χ0) is 20.8. The molecule has 1 aromatic carbocycles. The van der Waals surface area contributed by atoms with Gasteiger partial charge in [-0.2, -0.15) is 0 Å². The maximum absolute atomic E-state index is 12.5. The van der Waals surface area contributed by atoms with Crippen molar-refractivity contribution >= 4 is 39.5 Å². The molecule has 2 aliphatic rings. The van der Waals surface area contributed by atoms with Crippen molar-refractivity contribution in [2.45, 2.75) is 31.5 Å². The maximum atomic E-state index is 12.5. The van der Waals surface area contributed by atoms with Crippen molar-refractivity contribution in [3.05, 3.63) is 57.4 Å². The van der Waals surface area contributed by atoms with Crippen LogP contribution in [0.3, 0.4) is 0 Å². The summed E-state index contributed by atoms with van der Waals surface area (Å²) in [6, 6.07) is 6.79. The molecule has 0 bridgehead atoms. The van der Waals surface area contributed by atoms with Gasteiger partial charge in [0.25, 0.3) is 0 Å². The quantitative estimate of drug-likeness (QED) is 0.670. The molecular formula is C20H23BrClN3O4. The molecule has 0 spiro atoms. The van der Waals surface area contributed by atoms with Crippen LogP contribution in [-0.4, -0.2) is 49.2 Å². The third-order valence-corrected chi connectivity index (χ3v) is 5.65. The molecule has 2 aliphatic heterocycles. The van der Waals surface area contributed by atoms with E-state index >= 15 is 0 Å². The highest BCUT2D eigenvalue weighted by molar-refractivity contribution is 9.11. The molecule has 0 aromatic heterocycles. The Morgan fingerprint density at radius 2 is 1.97 bits per heavy atom. The summed E-state index contributed by atoms with van der Waals surface area (Å²) in [4.78, 5) is 25.8. The molecule has 1 fully saturated rings. The molecule has 0 radical (unpaired) electrons. The van der Waals surface area contributed by atoms with Gasteiger partial charge in [-0.25, -0.2) is 4.79 Å². The first-order chi connectivity index (χ1) is 14.0. The van der Waals surface area contributed by atoms with Crippen molar-refractivity contribution in [1.29, 1.82) is 0 Å². The summed E-state index contributed by atoms with van der Waals surface area (Å²) < 4.78 is 11.6. The highest BCUT2D eigenvalue weighted by atomic mass is 79.9. The van der Waals surface area contributed by atoms with Gasteiger partial charge in [-0.15, -0.1) is 0 Å². The molecule has 3 rings (SSSR count). The van der Waals surface area contributed by atoms with E-state index in [0.717, 1.165) is 10.0 Å². The lowest BCUT2D eigenvalue weighted by Gasteiger charge is -2.32. The molecular weight excluding hydrogens is 462 g/mol. The van der Waals surface area contributed by atoms with Gasteiger partial charge in [0.1, 0.15) is 17.9 Å². The van der Waals surface area contributed by atoms with Gasteiger partial charge in [0.05, 0.1) is 11.6 Å². The zero-order valence-corrected chi connectivity index (χ0v) is 18.3. The first kappa shape index (κ1) is 21.5. The SMILES string of the molecule is COC(=O)N1CCC(OC2=CC(C(=O)NCc3ccc(Cl)cc3)NC=C2Br)CC1. The average Bonchev–Trinajstić information content (AvgIpc) is 2.74. The second kappa shape index (κ2) is 10.0. The highest BCUT2D eigenvalue weighted by Crippen LogP contribution is 2.26. The van der Waals surface area contributed by atoms with Crippen molar-refractivity contribution in [2.24, 2.45) is 0 Å². The van der Waals surface area contributed by atoms with Gasteiger partial charge >= 0.3 is 6.09 Å². The van der Waals surface area contributed by atoms with Crippen LogP contribution in [0.5, 0.6) is 0 Å². The lowest BCUT2D eigenvalue weighted by Crippen LogP contribution is -2.43. The lowest BCUT2D eigenvalue weighted by atomic mass is 10.1. The van der Waals surface area contributed by atoms with E-state index < -0.39 is 6.04 Å². The van der Waals surface area contributed by atoms with E-state index in [0.29, 0.717) is 43.3 Å². The van der Waals surface area contributed by atoms with E-state index in [1.165, 1.54) is 7.11 Å². The number of halogens is 2. The minimum Gasteiger partial charge on any atom is -0.489 e. The average molecular weight is 485 g/mol. The number of allylic oxidation sites excluding steroid dienone is 1. The van der Waals surface area contributed by atoms with Gasteiger partial charge in [0.2, 0.25) is 5.91 Å². The van der Waals surface area contributed by atoms with Crippen LogP contribution >= 0.6 is 27.5 Å². The molecule has 1 aromatic rings. The van der Waals surface area contributed by atoms with E-state index in [-0.39, 0.29) is 18.1 Å². The van der Waals surface area contributed by atoms with E-state index in [4.69, 9.17) is 21.1 Å². The van der Waals surface area contributed by atoms with Crippen molar-refractivity contribution < 1.29 is 19.1 Å². The Bertz CT molecular complexity index is 804. The van der Waals surface area contributed by atoms with Gasteiger partial charge < -0.3 is 25.0 Å². The normalized spacial score (nSPS) is 19.6. The summed E-state index contributed by atoms with van der Waals surface area (Å²) in [6.07, 6.45) is 4.53. The van der Waals surface area contributed by atoms with Gasteiger partial charge in [0.15, 0.2) is 0 Å². The summed E-state index contributed by atoms with van der Waals surface area (Å²) in [5.74, 6) is 0.463. The number of carbonyl (C=O) groups excluding carboxylic acids is 2. The Morgan fingerprint density at radius 3 is 2.62 bits per heavy atom. The summed E-state index contributed by atoms with van der Waals surface area (Å²) in [5, 5.41) is 6.61. The van der Waals surface area contributed by atoms with E-state index in [2.05, 4.69) is 26.6 Å². The number of dihydropyridines is 1. The third kappa shape index (κ3) is 5.90. The predicted octanol–water partition coefficient (Wildman–Crippen LogP) is 3.30. The van der Waals surface area contributed by atoms with Crippen LogP contribution in [0.4, 0.5) is 4.79 Å². The Hall–Kier alpha value is -2.19. The summed E-state index contributed by atoms with van der Waals surface area (Å²) in [7, 11) is 1.38. The Labute approximate surface area is 183 Å². The van der Waals surface area contributed by atoms with E-state index in [9.17, 15) is 9.59 Å². The molecule has 0 saturated carbocycles. The second-order valence-corrected chi connectivity index (χ2v) is 8.08. The van der Waals surface area contributed by atoms with Crippen molar-refractivity contribution in [1.82, 2.24) is 15.5 Å². The molecule has 156 valence electrons. The van der Waals surface area contributed by atoms with Crippen molar-refractivity contribution in [3.63, 3.8) is 0 Å². The molecule has 2 heterocycles. The van der Waals surface area contributed by atoms with Crippen molar-refractivity contribution in [2.75, 3.05) is 20.2 Å². The molecule has 2 N–H and O–H groups in total. The number of amides is 2. The fourth-order valence-electron chi connectivity index (χ4n) is 3.13. The summed E-state index contributed by atoms with van der Waals surface area (Å²) in [5.41, 5.74) is 0.966. The first-order valence-corrected chi connectivity index (χ1v) is 10.5. The van der Waals surface area contributed by atoms with E-state index in [1.807, 2.05) is 12.1 Å². The number of hydrogen-bond donors (Lipinski definition) is 2. The monoisotopic (exact) mass is 483 g/mol. The maximum Gasteiger partial charge on any atom is 0.409 e. The fourth-order valence-corrected chi connectivity index (χ4v) is 3.61. The molecule has 2 amide bonds. The van der Waals surface area contributed by atoms with Crippen LogP contribution in [0.25, 0.3) is 0 Å². The number of piperidine rings is 1. The highest BCUT2D eigenvalue weighted by Gasteiger charge is 2.27. The van der Waals surface area contributed by atoms with Crippen LogP contribution in [-0.2, 0) is 20.8 Å². The minimum atomic E-state index is -0.534. The van der Waals surface area contributed by atoms with Crippen LogP contribution in [0.15, 0.2) is 46.8 Å². The van der Waals surface area contributed by atoms with Crippen LogP contribution in [0.1, 0.15) is 18.4 Å². The number of hydrogen-bond acceptors (Lipinski definition) is 5. The second-order valence-electron chi connectivity index (χ2n) is 6.79. The first-order valence-electron chi connectivity index (χ1n) is 9.32. The smallest absolute Gasteiger partial charge is 0.409 e. The molecule has 1 atom stereocenters. The van der Waals surface area contributed by atoms with Gasteiger partial charge in [-0.1, -0.05) is 23.7 Å². The molecule has 0 aliphatic carbocycles. The molecule has 7 nitrogen and oxygen atoms in total. The number of carbonyl (C=O) groups is 2. The predicted molar refractivity (Wildman–Crippen MR) is 113 cm³/mol. The number of methoxy groups -OCH3 is 1. The minimum absolute atomic E-state index is 0.0287. The Balaban J connectivity index is 1.53. The number of nitrogens with zero attached hydrogens (tertiary/aromatic N) is 1. The topological polar surface area (TPSA) is 79.9 Å². The fraction of sp³-hybridized carbons (Fsp3) is 0.400.